The van der Waals surface area contributed by atoms with Gasteiger partial charge in [0.15, 0.2) is 0 Å². The predicted octanol–water partition coefficient (Wildman–Crippen LogP) is 3.83. The summed E-state index contributed by atoms with van der Waals surface area (Å²) in [6.45, 7) is -3.08. The lowest BCUT2D eigenvalue weighted by molar-refractivity contribution is -0.143. The number of aliphatic imine (C=N–C) groups is 1. The lowest BCUT2D eigenvalue weighted by Gasteiger charge is -2.32. The smallest absolute Gasteiger partial charge is 0.387 e. The Labute approximate surface area is 177 Å². The number of ether oxygens (including phenoxy) is 3. The van der Waals surface area contributed by atoms with Crippen LogP contribution in [0, 0.1) is 5.92 Å². The molecule has 1 aromatic carbocycles. The second-order valence-electron chi connectivity index (χ2n) is 5.62. The molecule has 0 fully saturated rings. The van der Waals surface area contributed by atoms with Gasteiger partial charge in [-0.15, -0.1) is 0 Å². The molecule has 152 valence electrons. The van der Waals surface area contributed by atoms with Crippen LogP contribution in [0.25, 0.3) is 0 Å². The minimum Gasteiger partial charge on any atom is -0.468 e. The molecule has 1 aliphatic rings. The number of para-hydroxylation sites is 1. The van der Waals surface area contributed by atoms with Crippen LogP contribution in [0.5, 0.6) is 5.75 Å². The second-order valence-corrected chi connectivity index (χ2v) is 6.74. The molecule has 0 amide bonds. The van der Waals surface area contributed by atoms with Crippen LogP contribution < -0.4 is 4.74 Å². The molecule has 28 heavy (non-hydrogen) atoms. The molecule has 2 unspecified atom stereocenters. The fraction of sp³-hybridized carbons (Fsp3) is 0.389. The van der Waals surface area contributed by atoms with Crippen LogP contribution in [0.2, 0.25) is 0 Å². The molecule has 1 aliphatic heterocycles. The van der Waals surface area contributed by atoms with Crippen LogP contribution in [0.1, 0.15) is 11.5 Å². The molecule has 0 N–H and O–H groups in total. The van der Waals surface area contributed by atoms with Gasteiger partial charge in [-0.2, -0.15) is 8.78 Å². The highest BCUT2D eigenvalue weighted by Gasteiger charge is 2.44. The Kier molecular flexibility index (Phi) is 8.11. The van der Waals surface area contributed by atoms with Gasteiger partial charge in [0.05, 0.1) is 25.5 Å². The number of allylic oxidation sites excluding steroid dienone is 1. The Balaban J connectivity index is 2.79. The van der Waals surface area contributed by atoms with Crippen molar-refractivity contribution >= 4 is 49.5 Å². The Morgan fingerprint density at radius 1 is 1.14 bits per heavy atom. The van der Waals surface area contributed by atoms with Crippen molar-refractivity contribution in [2.45, 2.75) is 12.5 Å². The zero-order valence-electron chi connectivity index (χ0n) is 15.0. The van der Waals surface area contributed by atoms with Crippen molar-refractivity contribution in [2.75, 3.05) is 24.9 Å². The third-order valence-electron chi connectivity index (χ3n) is 4.19. The summed E-state index contributed by atoms with van der Waals surface area (Å²) in [4.78, 5) is 29.6. The van der Waals surface area contributed by atoms with Crippen molar-refractivity contribution in [3.05, 3.63) is 41.1 Å². The van der Waals surface area contributed by atoms with E-state index in [-0.39, 0.29) is 27.5 Å². The third-order valence-corrected chi connectivity index (χ3v) is 5.29. The van der Waals surface area contributed by atoms with Crippen LogP contribution in [0.15, 0.2) is 40.5 Å². The summed E-state index contributed by atoms with van der Waals surface area (Å²) in [5, 5.41) is 0.405. The van der Waals surface area contributed by atoms with Crippen molar-refractivity contribution < 1.29 is 32.6 Å². The summed E-state index contributed by atoms with van der Waals surface area (Å²) in [6.07, 6.45) is 0. The molecule has 1 aromatic rings. The highest BCUT2D eigenvalue weighted by Crippen LogP contribution is 2.44. The number of carbonyl (C=O) groups is 2. The fourth-order valence-electron chi connectivity index (χ4n) is 3.09. The van der Waals surface area contributed by atoms with E-state index < -0.39 is 30.4 Å². The number of nitrogens with zero attached hydrogens (tertiary/aromatic N) is 1. The van der Waals surface area contributed by atoms with E-state index in [1.165, 1.54) is 32.4 Å². The second kappa shape index (κ2) is 10.1. The van der Waals surface area contributed by atoms with Crippen molar-refractivity contribution in [3.63, 3.8) is 0 Å². The summed E-state index contributed by atoms with van der Waals surface area (Å²) < 4.78 is 40.3. The molecular weight excluding hydrogens is 508 g/mol. The highest BCUT2D eigenvalue weighted by molar-refractivity contribution is 9.09. The van der Waals surface area contributed by atoms with Crippen LogP contribution in [-0.4, -0.2) is 49.1 Å². The average molecular weight is 525 g/mol. The first-order chi connectivity index (χ1) is 13.4. The van der Waals surface area contributed by atoms with E-state index in [1.54, 1.807) is 6.07 Å². The van der Waals surface area contributed by atoms with Gasteiger partial charge in [0, 0.05) is 27.9 Å². The van der Waals surface area contributed by atoms with Crippen LogP contribution in [0.4, 0.5) is 8.78 Å². The molecule has 0 radical (unpaired) electrons. The van der Waals surface area contributed by atoms with Gasteiger partial charge in [-0.1, -0.05) is 50.1 Å². The molecule has 10 heteroatoms. The first-order valence-electron chi connectivity index (χ1n) is 8.01. The standard InChI is InChI=1S/C18H17Br2F2NO5/c1-26-16(24)14-10(7-19)23-11(8-20)15(17(25)27-2)13(14)9-5-3-4-6-12(9)28-18(21)22/h3-6,13-14,18H,7-8H2,1-2H3. The molecular formula is C18H17Br2F2NO5. The zero-order valence-corrected chi connectivity index (χ0v) is 18.1. The van der Waals surface area contributed by atoms with Gasteiger partial charge in [0.1, 0.15) is 11.7 Å². The van der Waals surface area contributed by atoms with E-state index >= 15 is 0 Å². The van der Waals surface area contributed by atoms with Gasteiger partial charge >= 0.3 is 18.6 Å². The van der Waals surface area contributed by atoms with E-state index in [9.17, 15) is 18.4 Å². The minimum absolute atomic E-state index is 0.0739. The van der Waals surface area contributed by atoms with Crippen molar-refractivity contribution in [3.8, 4) is 5.75 Å². The first-order valence-corrected chi connectivity index (χ1v) is 10.3. The Bertz CT molecular complexity index is 813. The molecule has 0 aliphatic carbocycles. The SMILES string of the molecule is COC(=O)C1=C(CBr)N=C(CBr)C(C(=O)OC)C1c1ccccc1OC(F)F. The van der Waals surface area contributed by atoms with Gasteiger partial charge < -0.3 is 14.2 Å². The molecule has 1 heterocycles. The summed E-state index contributed by atoms with van der Waals surface area (Å²) in [5.41, 5.74) is 1.03. The minimum atomic E-state index is -3.08. The van der Waals surface area contributed by atoms with Gasteiger partial charge in [-0.05, 0) is 6.07 Å². The topological polar surface area (TPSA) is 74.2 Å². The summed E-state index contributed by atoms with van der Waals surface area (Å²) in [6, 6.07) is 5.98. The summed E-state index contributed by atoms with van der Waals surface area (Å²) in [7, 11) is 2.39. The molecule has 0 bridgehead atoms. The summed E-state index contributed by atoms with van der Waals surface area (Å²) >= 11 is 6.58. The van der Waals surface area contributed by atoms with Crippen LogP contribution >= 0.6 is 31.9 Å². The number of esters is 2. The maximum Gasteiger partial charge on any atom is 0.387 e. The first kappa shape index (κ1) is 22.5. The number of methoxy groups -OCH3 is 2. The van der Waals surface area contributed by atoms with E-state index in [1.807, 2.05) is 0 Å². The van der Waals surface area contributed by atoms with E-state index in [0.717, 1.165) is 0 Å². The number of benzene rings is 1. The van der Waals surface area contributed by atoms with E-state index in [4.69, 9.17) is 9.47 Å². The fourth-order valence-corrected chi connectivity index (χ4v) is 3.99. The molecule has 0 spiro atoms. The number of hydrogen-bond acceptors (Lipinski definition) is 6. The van der Waals surface area contributed by atoms with Gasteiger partial charge in [-0.3, -0.25) is 9.79 Å². The van der Waals surface area contributed by atoms with Crippen LogP contribution in [-0.2, 0) is 19.1 Å². The lowest BCUT2D eigenvalue weighted by Crippen LogP contribution is -2.38. The van der Waals surface area contributed by atoms with E-state index in [2.05, 4.69) is 41.6 Å². The molecule has 6 nitrogen and oxygen atoms in total. The van der Waals surface area contributed by atoms with Gasteiger partial charge in [-0.25, -0.2) is 4.79 Å². The van der Waals surface area contributed by atoms with Gasteiger partial charge in [0.25, 0.3) is 0 Å². The summed E-state index contributed by atoms with van der Waals surface area (Å²) in [5.74, 6) is -3.54. The molecule has 0 saturated carbocycles. The number of carbonyl (C=O) groups excluding carboxylic acids is 2. The Hall–Kier alpha value is -1.81. The Morgan fingerprint density at radius 3 is 2.36 bits per heavy atom. The largest absolute Gasteiger partial charge is 0.468 e. The van der Waals surface area contributed by atoms with E-state index in [0.29, 0.717) is 11.4 Å². The maximum absolute atomic E-state index is 12.9. The van der Waals surface area contributed by atoms with Gasteiger partial charge in [0.2, 0.25) is 0 Å². The van der Waals surface area contributed by atoms with Crippen molar-refractivity contribution in [2.24, 2.45) is 10.9 Å². The number of alkyl halides is 4. The molecule has 2 rings (SSSR count). The quantitative estimate of drug-likeness (QED) is 0.400. The number of halogens is 4. The predicted molar refractivity (Wildman–Crippen MR) is 105 cm³/mol. The van der Waals surface area contributed by atoms with Crippen LogP contribution in [0.3, 0.4) is 0 Å². The highest BCUT2D eigenvalue weighted by atomic mass is 79.9. The molecule has 2 atom stereocenters. The number of rotatable bonds is 7. The zero-order chi connectivity index (χ0) is 20.8. The van der Waals surface area contributed by atoms with Crippen molar-refractivity contribution in [1.29, 1.82) is 0 Å². The Morgan fingerprint density at radius 2 is 1.82 bits per heavy atom. The third kappa shape index (κ3) is 4.60. The molecule has 0 aromatic heterocycles. The monoisotopic (exact) mass is 523 g/mol. The average Bonchev–Trinajstić information content (AvgIpc) is 2.70. The lowest BCUT2D eigenvalue weighted by atomic mass is 9.75. The number of hydrogen-bond donors (Lipinski definition) is 0. The normalized spacial score (nSPS) is 19.3. The molecule has 0 saturated heterocycles. The van der Waals surface area contributed by atoms with Crippen molar-refractivity contribution in [1.82, 2.24) is 0 Å². The maximum atomic E-state index is 12.9.